The number of para-hydroxylation sites is 1. The maximum absolute atomic E-state index is 12.4. The molecule has 0 unspecified atom stereocenters. The van der Waals surface area contributed by atoms with E-state index >= 15 is 0 Å². The number of nitrogens with one attached hydrogen (secondary N) is 1. The van der Waals surface area contributed by atoms with E-state index in [0.29, 0.717) is 18.3 Å². The number of amides is 1. The van der Waals surface area contributed by atoms with E-state index in [4.69, 9.17) is 0 Å². The maximum Gasteiger partial charge on any atom is 0.241 e. The summed E-state index contributed by atoms with van der Waals surface area (Å²) in [6.07, 6.45) is 7.24. The molecule has 4 aliphatic carbocycles. The number of benzene rings is 1. The molecular weight excluding hydrogens is 348 g/mol. The summed E-state index contributed by atoms with van der Waals surface area (Å²) in [6, 6.07) is 10.6. The van der Waals surface area contributed by atoms with Crippen LogP contribution in [0.25, 0.3) is 0 Å². The minimum atomic E-state index is 0.0757. The first-order valence-corrected chi connectivity index (χ1v) is 11.1. The van der Waals surface area contributed by atoms with E-state index in [1.54, 1.807) is 0 Å². The lowest BCUT2D eigenvalue weighted by Crippen LogP contribution is -2.47. The predicted octanol–water partition coefficient (Wildman–Crippen LogP) is 3.13. The van der Waals surface area contributed by atoms with Crippen LogP contribution in [0.1, 0.15) is 38.5 Å². The van der Waals surface area contributed by atoms with Gasteiger partial charge in [-0.05, 0) is 67.9 Å². The third-order valence-corrected chi connectivity index (χ3v) is 7.43. The normalized spacial score (nSPS) is 31.9. The van der Waals surface area contributed by atoms with Crippen LogP contribution >= 0.6 is 0 Å². The van der Waals surface area contributed by atoms with Crippen molar-refractivity contribution in [2.45, 2.75) is 38.5 Å². The minimum Gasteiger partial charge on any atom is -0.369 e. The van der Waals surface area contributed by atoms with Crippen molar-refractivity contribution >= 4 is 17.3 Å². The van der Waals surface area contributed by atoms with Crippen LogP contribution in [-0.2, 0) is 4.79 Å². The smallest absolute Gasteiger partial charge is 0.241 e. The molecule has 1 N–H and O–H groups in total. The number of carbonyl (C=O) groups is 1. The molecule has 1 heterocycles. The van der Waals surface area contributed by atoms with Gasteiger partial charge in [0.1, 0.15) is 0 Å². The van der Waals surface area contributed by atoms with Crippen molar-refractivity contribution in [2.75, 3.05) is 37.6 Å². The Kier molecular flexibility index (Phi) is 5.10. The highest BCUT2D eigenvalue weighted by molar-refractivity contribution is 5.91. The summed E-state index contributed by atoms with van der Waals surface area (Å²) in [4.78, 5) is 17.2. The number of hydrogen-bond donors (Lipinski definition) is 1. The lowest BCUT2D eigenvalue weighted by Gasteiger charge is -2.50. The van der Waals surface area contributed by atoms with Crippen LogP contribution in [0.15, 0.2) is 35.4 Å². The first kappa shape index (κ1) is 18.2. The van der Waals surface area contributed by atoms with Crippen LogP contribution in [0, 0.1) is 23.7 Å². The van der Waals surface area contributed by atoms with Gasteiger partial charge in [0.05, 0.1) is 0 Å². The van der Waals surface area contributed by atoms with Crippen molar-refractivity contribution in [3.8, 4) is 0 Å². The number of nitrogens with zero attached hydrogens (tertiary/aromatic N) is 3. The summed E-state index contributed by atoms with van der Waals surface area (Å²) in [5, 5.41) is 4.63. The summed E-state index contributed by atoms with van der Waals surface area (Å²) in [7, 11) is 0. The number of hydrazone groups is 1. The van der Waals surface area contributed by atoms with E-state index < -0.39 is 0 Å². The molecular formula is C23H32N4O. The van der Waals surface area contributed by atoms with E-state index in [0.717, 1.165) is 44.6 Å². The molecule has 6 rings (SSSR count). The third-order valence-electron chi connectivity index (χ3n) is 7.43. The standard InChI is InChI=1S/C23H32N4O/c28-22(24-25-23-19-13-17-12-18(15-19)16-20(23)14-17)6-7-26-8-10-27(11-9-26)21-4-2-1-3-5-21/h1-5,17-20H,6-16H2,(H,24,28). The molecule has 28 heavy (non-hydrogen) atoms. The first-order valence-electron chi connectivity index (χ1n) is 11.1. The number of rotatable bonds is 5. The van der Waals surface area contributed by atoms with Crippen LogP contribution in [0.2, 0.25) is 0 Å². The monoisotopic (exact) mass is 380 g/mol. The van der Waals surface area contributed by atoms with Gasteiger partial charge in [0.15, 0.2) is 0 Å². The van der Waals surface area contributed by atoms with Crippen LogP contribution in [-0.4, -0.2) is 49.2 Å². The maximum atomic E-state index is 12.4. The summed E-state index contributed by atoms with van der Waals surface area (Å²) >= 11 is 0. The van der Waals surface area contributed by atoms with Gasteiger partial charge >= 0.3 is 0 Å². The summed E-state index contributed by atoms with van der Waals surface area (Å²) in [5.41, 5.74) is 5.51. The summed E-state index contributed by atoms with van der Waals surface area (Å²) in [6.45, 7) is 4.92. The average Bonchev–Trinajstić information content (AvgIpc) is 2.72. The molecule has 0 spiro atoms. The van der Waals surface area contributed by atoms with Gasteiger partial charge in [-0.25, -0.2) is 5.43 Å². The van der Waals surface area contributed by atoms with Crippen LogP contribution < -0.4 is 10.3 Å². The van der Waals surface area contributed by atoms with Crippen molar-refractivity contribution in [3.05, 3.63) is 30.3 Å². The van der Waals surface area contributed by atoms with Crippen molar-refractivity contribution in [2.24, 2.45) is 28.8 Å². The zero-order chi connectivity index (χ0) is 18.9. The number of piperazine rings is 1. The second-order valence-electron chi connectivity index (χ2n) is 9.29. The fourth-order valence-corrected chi connectivity index (χ4v) is 6.16. The van der Waals surface area contributed by atoms with Gasteiger partial charge in [0.2, 0.25) is 5.91 Å². The fraction of sp³-hybridized carbons (Fsp3) is 0.652. The van der Waals surface area contributed by atoms with Crippen molar-refractivity contribution < 1.29 is 4.79 Å². The molecule has 1 saturated heterocycles. The molecule has 5 fully saturated rings. The summed E-state index contributed by atoms with van der Waals surface area (Å²) in [5.74, 6) is 3.26. The predicted molar refractivity (Wildman–Crippen MR) is 112 cm³/mol. The molecule has 1 amide bonds. The van der Waals surface area contributed by atoms with E-state index in [1.807, 2.05) is 0 Å². The minimum absolute atomic E-state index is 0.0757. The van der Waals surface area contributed by atoms with E-state index in [1.165, 1.54) is 43.5 Å². The van der Waals surface area contributed by atoms with E-state index in [-0.39, 0.29) is 5.91 Å². The molecule has 1 aliphatic heterocycles. The van der Waals surface area contributed by atoms with Gasteiger partial charge in [-0.15, -0.1) is 0 Å². The Morgan fingerprint density at radius 1 is 0.929 bits per heavy atom. The highest BCUT2D eigenvalue weighted by Gasteiger charge is 2.46. The topological polar surface area (TPSA) is 47.9 Å². The molecule has 1 aromatic rings. The summed E-state index contributed by atoms with van der Waals surface area (Å²) < 4.78 is 0. The Labute approximate surface area is 168 Å². The van der Waals surface area contributed by atoms with Gasteiger partial charge in [0.25, 0.3) is 0 Å². The quantitative estimate of drug-likeness (QED) is 0.799. The molecule has 0 aromatic heterocycles. The lowest BCUT2D eigenvalue weighted by atomic mass is 9.55. The third kappa shape index (κ3) is 3.82. The van der Waals surface area contributed by atoms with Gasteiger partial charge in [0, 0.05) is 50.5 Å². The Hall–Kier alpha value is -1.88. The zero-order valence-electron chi connectivity index (χ0n) is 16.7. The van der Waals surface area contributed by atoms with Crippen LogP contribution in [0.3, 0.4) is 0 Å². The Bertz CT molecular complexity index is 693. The van der Waals surface area contributed by atoms with Crippen molar-refractivity contribution in [3.63, 3.8) is 0 Å². The van der Waals surface area contributed by atoms with Gasteiger partial charge < -0.3 is 4.90 Å². The van der Waals surface area contributed by atoms with Gasteiger partial charge in [-0.3, -0.25) is 9.69 Å². The molecule has 5 heteroatoms. The molecule has 0 radical (unpaired) electrons. The molecule has 4 bridgehead atoms. The van der Waals surface area contributed by atoms with Crippen molar-refractivity contribution in [1.29, 1.82) is 0 Å². The van der Waals surface area contributed by atoms with Crippen molar-refractivity contribution in [1.82, 2.24) is 10.3 Å². The van der Waals surface area contributed by atoms with E-state index in [2.05, 4.69) is 50.7 Å². The van der Waals surface area contributed by atoms with Gasteiger partial charge in [-0.1, -0.05) is 18.2 Å². The molecule has 4 saturated carbocycles. The zero-order valence-corrected chi connectivity index (χ0v) is 16.7. The first-order chi connectivity index (χ1) is 13.7. The highest BCUT2D eigenvalue weighted by atomic mass is 16.2. The molecule has 5 aliphatic rings. The fourth-order valence-electron chi connectivity index (χ4n) is 6.16. The van der Waals surface area contributed by atoms with Gasteiger partial charge in [-0.2, -0.15) is 5.10 Å². The molecule has 1 aromatic carbocycles. The van der Waals surface area contributed by atoms with Crippen LogP contribution in [0.4, 0.5) is 5.69 Å². The Balaban J connectivity index is 1.06. The number of carbonyl (C=O) groups excluding carboxylic acids is 1. The molecule has 150 valence electrons. The molecule has 0 atom stereocenters. The number of anilines is 1. The largest absolute Gasteiger partial charge is 0.369 e. The Morgan fingerprint density at radius 2 is 1.57 bits per heavy atom. The van der Waals surface area contributed by atoms with Crippen LogP contribution in [0.5, 0.6) is 0 Å². The SMILES string of the molecule is O=C(CCN1CCN(c2ccccc2)CC1)NN=C1C2CC3CC(C2)CC1C3. The second kappa shape index (κ2) is 7.86. The molecule has 5 nitrogen and oxygen atoms in total. The van der Waals surface area contributed by atoms with E-state index in [9.17, 15) is 4.79 Å². The second-order valence-corrected chi connectivity index (χ2v) is 9.29. The highest BCUT2D eigenvalue weighted by Crippen LogP contribution is 2.52. The average molecular weight is 381 g/mol. The number of hydrogen-bond acceptors (Lipinski definition) is 4. The Morgan fingerprint density at radius 3 is 2.21 bits per heavy atom. The lowest BCUT2D eigenvalue weighted by molar-refractivity contribution is -0.121.